The lowest BCUT2D eigenvalue weighted by Gasteiger charge is -1.88. The lowest BCUT2D eigenvalue weighted by atomic mass is 10.4. The third kappa shape index (κ3) is 2.57. The molecule has 0 amide bonds. The molecule has 9 heavy (non-hydrogen) atoms. The van der Waals surface area contributed by atoms with Gasteiger partial charge in [-0.05, 0) is 12.1 Å². The average molecular weight is 228 g/mol. The van der Waals surface area contributed by atoms with Crippen LogP contribution in [0.3, 0.4) is 0 Å². The average Bonchev–Trinajstić information content (AvgIpc) is 1.77. The summed E-state index contributed by atoms with van der Waals surface area (Å²) in [5.74, 6) is 0. The maximum Gasteiger partial charge on any atom is 0.0592 e. The molecule has 0 aliphatic heterocycles. The maximum absolute atomic E-state index is 5.58. The molecule has 1 rings (SSSR count). The van der Waals surface area contributed by atoms with Crippen molar-refractivity contribution in [3.8, 4) is 0 Å². The van der Waals surface area contributed by atoms with Crippen LogP contribution in [-0.4, -0.2) is 0 Å². The van der Waals surface area contributed by atoms with Gasteiger partial charge in [0.1, 0.15) is 0 Å². The second-order valence-electron chi connectivity index (χ2n) is 1.41. The van der Waals surface area contributed by atoms with E-state index in [1.54, 1.807) is 12.1 Å². The highest BCUT2D eigenvalue weighted by molar-refractivity contribution is 8.93. The minimum atomic E-state index is 0. The van der Waals surface area contributed by atoms with Crippen LogP contribution in [0.4, 0.5) is 0 Å². The van der Waals surface area contributed by atoms with Gasteiger partial charge in [0.2, 0.25) is 0 Å². The molecule has 0 N–H and O–H groups in total. The second kappa shape index (κ2) is 4.15. The third-order valence-electron chi connectivity index (χ3n) is 0.824. The monoisotopic (exact) mass is 226 g/mol. The van der Waals surface area contributed by atoms with Crippen LogP contribution in [-0.2, 0) is 0 Å². The summed E-state index contributed by atoms with van der Waals surface area (Å²) in [5.41, 5.74) is 0. The molecule has 0 unspecified atom stereocenters. The van der Waals surface area contributed by atoms with Gasteiger partial charge in [0, 0.05) is 0 Å². The molecule has 0 saturated carbocycles. The van der Waals surface area contributed by atoms with Crippen molar-refractivity contribution in [1.82, 2.24) is 0 Å². The van der Waals surface area contributed by atoms with Crippen LogP contribution >= 0.6 is 40.2 Å². The van der Waals surface area contributed by atoms with Gasteiger partial charge in [-0.1, -0.05) is 35.3 Å². The minimum absolute atomic E-state index is 0. The first-order valence-corrected chi connectivity index (χ1v) is 2.96. The molecule has 50 valence electrons. The number of hydrogen-bond donors (Lipinski definition) is 0. The number of hydrogen-bond acceptors (Lipinski definition) is 0. The molecule has 1 aromatic rings. The standard InChI is InChI=1S/C6H4Cl2.BrH/c7-5-3-1-2-4-6(5)8;/h1-4H;1H. The Morgan fingerprint density at radius 2 is 1.22 bits per heavy atom. The predicted molar refractivity (Wildman–Crippen MR) is 46.8 cm³/mol. The molecule has 0 aromatic heterocycles. The van der Waals surface area contributed by atoms with Gasteiger partial charge >= 0.3 is 0 Å². The van der Waals surface area contributed by atoms with Gasteiger partial charge in [0.25, 0.3) is 0 Å². The smallest absolute Gasteiger partial charge is 0.0592 e. The highest BCUT2D eigenvalue weighted by atomic mass is 79.9. The SMILES string of the molecule is Br.Clc1ccccc1Cl. The Labute approximate surface area is 74.6 Å². The van der Waals surface area contributed by atoms with Crippen molar-refractivity contribution in [2.24, 2.45) is 0 Å². The summed E-state index contributed by atoms with van der Waals surface area (Å²) in [6.45, 7) is 0. The van der Waals surface area contributed by atoms with E-state index in [-0.39, 0.29) is 17.0 Å². The molecular formula is C6H5BrCl2. The van der Waals surface area contributed by atoms with Gasteiger partial charge < -0.3 is 0 Å². The zero-order chi connectivity index (χ0) is 5.98. The van der Waals surface area contributed by atoms with Gasteiger partial charge in [-0.3, -0.25) is 0 Å². The molecule has 0 bridgehead atoms. The first kappa shape index (κ1) is 9.28. The van der Waals surface area contributed by atoms with E-state index >= 15 is 0 Å². The first-order chi connectivity index (χ1) is 3.80. The Morgan fingerprint density at radius 3 is 1.44 bits per heavy atom. The molecule has 0 aliphatic carbocycles. The summed E-state index contributed by atoms with van der Waals surface area (Å²) in [6, 6.07) is 7.19. The van der Waals surface area contributed by atoms with Crippen LogP contribution in [0, 0.1) is 0 Å². The van der Waals surface area contributed by atoms with Crippen LogP contribution in [0.5, 0.6) is 0 Å². The quantitative estimate of drug-likeness (QED) is 0.636. The molecule has 0 spiro atoms. The summed E-state index contributed by atoms with van der Waals surface area (Å²) in [7, 11) is 0. The highest BCUT2D eigenvalue weighted by Gasteiger charge is 1.89. The van der Waals surface area contributed by atoms with Crippen molar-refractivity contribution in [2.75, 3.05) is 0 Å². The van der Waals surface area contributed by atoms with Crippen molar-refractivity contribution >= 4 is 40.2 Å². The fourth-order valence-electron chi connectivity index (χ4n) is 0.439. The van der Waals surface area contributed by atoms with E-state index in [1.807, 2.05) is 12.1 Å². The van der Waals surface area contributed by atoms with Gasteiger partial charge in [0.15, 0.2) is 0 Å². The topological polar surface area (TPSA) is 0 Å². The van der Waals surface area contributed by atoms with Crippen LogP contribution < -0.4 is 0 Å². The van der Waals surface area contributed by atoms with Gasteiger partial charge in [0.05, 0.1) is 10.0 Å². The van der Waals surface area contributed by atoms with E-state index in [2.05, 4.69) is 0 Å². The van der Waals surface area contributed by atoms with E-state index in [1.165, 1.54) is 0 Å². The van der Waals surface area contributed by atoms with Crippen molar-refractivity contribution in [3.05, 3.63) is 34.3 Å². The Balaban J connectivity index is 0.000000640. The van der Waals surface area contributed by atoms with E-state index in [9.17, 15) is 0 Å². The van der Waals surface area contributed by atoms with E-state index in [0.717, 1.165) is 0 Å². The van der Waals surface area contributed by atoms with Gasteiger partial charge in [-0.25, -0.2) is 0 Å². The first-order valence-electron chi connectivity index (χ1n) is 2.21. The summed E-state index contributed by atoms with van der Waals surface area (Å²) in [5, 5.41) is 1.21. The Hall–Kier alpha value is 0.280. The predicted octanol–water partition coefficient (Wildman–Crippen LogP) is 3.57. The largest absolute Gasteiger partial charge is 0.114 e. The molecule has 3 heteroatoms. The second-order valence-corrected chi connectivity index (χ2v) is 2.23. The summed E-state index contributed by atoms with van der Waals surface area (Å²) >= 11 is 11.2. The Kier molecular flexibility index (Phi) is 4.28. The molecule has 1 aromatic carbocycles. The lowest BCUT2D eigenvalue weighted by molar-refractivity contribution is 1.71. The molecule has 0 fully saturated rings. The molecule has 0 nitrogen and oxygen atoms in total. The molecular weight excluding hydrogens is 223 g/mol. The Bertz CT molecular complexity index is 167. The third-order valence-corrected chi connectivity index (χ3v) is 1.58. The number of rotatable bonds is 0. The number of halogens is 3. The summed E-state index contributed by atoms with van der Waals surface area (Å²) < 4.78 is 0. The number of benzene rings is 1. The minimum Gasteiger partial charge on any atom is -0.114 e. The zero-order valence-electron chi connectivity index (χ0n) is 4.47. The van der Waals surface area contributed by atoms with Crippen LogP contribution in [0.1, 0.15) is 0 Å². The summed E-state index contributed by atoms with van der Waals surface area (Å²) in [4.78, 5) is 0. The van der Waals surface area contributed by atoms with Crippen LogP contribution in [0.15, 0.2) is 24.3 Å². The Morgan fingerprint density at radius 1 is 0.889 bits per heavy atom. The van der Waals surface area contributed by atoms with E-state index in [4.69, 9.17) is 23.2 Å². The highest BCUT2D eigenvalue weighted by Crippen LogP contribution is 2.19. The van der Waals surface area contributed by atoms with Crippen molar-refractivity contribution in [2.45, 2.75) is 0 Å². The maximum atomic E-state index is 5.58. The summed E-state index contributed by atoms with van der Waals surface area (Å²) in [6.07, 6.45) is 0. The molecule has 0 heterocycles. The van der Waals surface area contributed by atoms with Crippen LogP contribution in [0.25, 0.3) is 0 Å². The van der Waals surface area contributed by atoms with E-state index < -0.39 is 0 Å². The zero-order valence-corrected chi connectivity index (χ0v) is 7.70. The molecule has 0 radical (unpaired) electrons. The lowest BCUT2D eigenvalue weighted by Crippen LogP contribution is -1.62. The van der Waals surface area contributed by atoms with Crippen molar-refractivity contribution in [3.63, 3.8) is 0 Å². The fraction of sp³-hybridized carbons (Fsp3) is 0. The molecule has 0 saturated heterocycles. The normalized spacial score (nSPS) is 8.22. The van der Waals surface area contributed by atoms with Gasteiger partial charge in [-0.2, -0.15) is 0 Å². The van der Waals surface area contributed by atoms with Crippen LogP contribution in [0.2, 0.25) is 10.0 Å². The van der Waals surface area contributed by atoms with Crippen molar-refractivity contribution < 1.29 is 0 Å². The van der Waals surface area contributed by atoms with E-state index in [0.29, 0.717) is 10.0 Å². The molecule has 0 aliphatic rings. The van der Waals surface area contributed by atoms with Gasteiger partial charge in [-0.15, -0.1) is 17.0 Å². The fourth-order valence-corrected chi connectivity index (χ4v) is 0.711. The van der Waals surface area contributed by atoms with Crippen molar-refractivity contribution in [1.29, 1.82) is 0 Å². The molecule has 0 atom stereocenters.